The van der Waals surface area contributed by atoms with Crippen molar-refractivity contribution in [3.05, 3.63) is 131 Å². The summed E-state index contributed by atoms with van der Waals surface area (Å²) in [5.74, 6) is -0.265. The Hall–Kier alpha value is -5.55. The molecule has 0 bridgehead atoms. The predicted molar refractivity (Wildman–Crippen MR) is 168 cm³/mol. The van der Waals surface area contributed by atoms with Crippen molar-refractivity contribution in [2.45, 2.75) is 19.1 Å². The minimum absolute atomic E-state index is 0.0789. The van der Waals surface area contributed by atoms with Crippen LogP contribution < -0.4 is 16.0 Å². The fourth-order valence-electron chi connectivity index (χ4n) is 4.32. The number of halogens is 1. The molecule has 2 amide bonds. The van der Waals surface area contributed by atoms with Crippen LogP contribution in [0, 0.1) is 0 Å². The van der Waals surface area contributed by atoms with Gasteiger partial charge in [0.05, 0.1) is 17.4 Å². The van der Waals surface area contributed by atoms with E-state index in [-0.39, 0.29) is 18.6 Å². The van der Waals surface area contributed by atoms with Gasteiger partial charge in [-0.3, -0.25) is 15.1 Å². The molecular formula is C32H29ClN8O3. The lowest BCUT2D eigenvalue weighted by atomic mass is 10.1. The highest BCUT2D eigenvalue weighted by Gasteiger charge is 2.13. The number of hydrogen-bond donors (Lipinski definition) is 3. The van der Waals surface area contributed by atoms with E-state index in [1.165, 1.54) is 17.1 Å². The second-order valence-electron chi connectivity index (χ2n) is 9.67. The van der Waals surface area contributed by atoms with Crippen LogP contribution in [0.25, 0.3) is 11.8 Å². The number of pyridine rings is 1. The molecule has 0 saturated carbocycles. The average molecular weight is 609 g/mol. The lowest BCUT2D eigenvalue weighted by Crippen LogP contribution is -2.40. The summed E-state index contributed by atoms with van der Waals surface area (Å²) >= 11 is 6.21. The van der Waals surface area contributed by atoms with Gasteiger partial charge in [-0.2, -0.15) is 4.68 Å². The summed E-state index contributed by atoms with van der Waals surface area (Å²) in [6, 6.07) is 27.6. The van der Waals surface area contributed by atoms with Crippen LogP contribution in [-0.2, 0) is 22.6 Å². The van der Waals surface area contributed by atoms with Gasteiger partial charge in [0, 0.05) is 40.8 Å². The molecule has 0 aliphatic rings. The lowest BCUT2D eigenvalue weighted by Gasteiger charge is -2.20. The van der Waals surface area contributed by atoms with E-state index in [1.807, 2.05) is 48.5 Å². The molecule has 0 spiro atoms. The SMILES string of the molecule is O=C(/C=C/c1cc(Cl)ccc1-n1cnnn1)N[C@H](CNc1ccc(NC(=O)OCc2ccccn2)cc1)Cc1ccccc1. The molecule has 0 saturated heterocycles. The maximum atomic E-state index is 13.0. The van der Waals surface area contributed by atoms with E-state index >= 15 is 0 Å². The molecular weight excluding hydrogens is 580 g/mol. The summed E-state index contributed by atoms with van der Waals surface area (Å²) in [7, 11) is 0. The fraction of sp³-hybridized carbons (Fsp3) is 0.125. The summed E-state index contributed by atoms with van der Waals surface area (Å²) in [6.45, 7) is 0.538. The first kappa shape index (κ1) is 29.9. The van der Waals surface area contributed by atoms with Crippen LogP contribution in [0.1, 0.15) is 16.8 Å². The third-order valence-corrected chi connectivity index (χ3v) is 6.67. The van der Waals surface area contributed by atoms with Crippen molar-refractivity contribution in [3.8, 4) is 5.69 Å². The molecule has 2 heterocycles. The number of benzene rings is 3. The molecule has 222 valence electrons. The third-order valence-electron chi connectivity index (χ3n) is 6.43. The van der Waals surface area contributed by atoms with Gasteiger partial charge in [0.15, 0.2) is 0 Å². The normalized spacial score (nSPS) is 11.6. The number of carbonyl (C=O) groups is 2. The Morgan fingerprint density at radius 2 is 1.75 bits per heavy atom. The van der Waals surface area contributed by atoms with Gasteiger partial charge in [-0.1, -0.05) is 48.0 Å². The van der Waals surface area contributed by atoms with E-state index < -0.39 is 6.09 Å². The summed E-state index contributed by atoms with van der Waals surface area (Å²) in [5.41, 5.74) is 4.53. The number of tetrazole rings is 1. The number of anilines is 2. The Bertz CT molecular complexity index is 1680. The highest BCUT2D eigenvalue weighted by molar-refractivity contribution is 6.30. The topological polar surface area (TPSA) is 136 Å². The Labute approximate surface area is 258 Å². The van der Waals surface area contributed by atoms with Crippen LogP contribution in [0.5, 0.6) is 0 Å². The van der Waals surface area contributed by atoms with E-state index in [9.17, 15) is 9.59 Å². The number of ether oxygens (including phenoxy) is 1. The van der Waals surface area contributed by atoms with Gasteiger partial charge in [0.2, 0.25) is 5.91 Å². The largest absolute Gasteiger partial charge is 0.443 e. The number of hydrogen-bond acceptors (Lipinski definition) is 8. The van der Waals surface area contributed by atoms with Crippen molar-refractivity contribution >= 4 is 41.1 Å². The molecule has 5 rings (SSSR count). The first-order valence-electron chi connectivity index (χ1n) is 13.7. The Balaban J connectivity index is 1.19. The molecule has 0 fully saturated rings. The maximum Gasteiger partial charge on any atom is 0.412 e. The molecule has 0 aliphatic heterocycles. The van der Waals surface area contributed by atoms with Gasteiger partial charge < -0.3 is 15.4 Å². The van der Waals surface area contributed by atoms with Gasteiger partial charge in [-0.05, 0) is 83.1 Å². The molecule has 44 heavy (non-hydrogen) atoms. The zero-order valence-corrected chi connectivity index (χ0v) is 24.3. The molecule has 0 radical (unpaired) electrons. The number of carbonyl (C=O) groups excluding carboxylic acids is 2. The monoisotopic (exact) mass is 608 g/mol. The predicted octanol–water partition coefficient (Wildman–Crippen LogP) is 5.31. The zero-order chi connectivity index (χ0) is 30.6. The molecule has 11 nitrogen and oxygen atoms in total. The van der Waals surface area contributed by atoms with Gasteiger partial charge in [0.25, 0.3) is 0 Å². The smallest absolute Gasteiger partial charge is 0.412 e. The summed E-state index contributed by atoms with van der Waals surface area (Å²) in [6.07, 6.45) is 6.30. The van der Waals surface area contributed by atoms with Crippen LogP contribution in [0.15, 0.2) is 110 Å². The van der Waals surface area contributed by atoms with E-state index in [1.54, 1.807) is 54.7 Å². The molecule has 3 N–H and O–H groups in total. The Morgan fingerprint density at radius 1 is 0.955 bits per heavy atom. The molecule has 0 aliphatic carbocycles. The highest BCUT2D eigenvalue weighted by Crippen LogP contribution is 2.20. The second-order valence-corrected chi connectivity index (χ2v) is 10.1. The second kappa shape index (κ2) is 15.1. The van der Waals surface area contributed by atoms with Crippen LogP contribution in [0.4, 0.5) is 16.2 Å². The zero-order valence-electron chi connectivity index (χ0n) is 23.5. The lowest BCUT2D eigenvalue weighted by molar-refractivity contribution is -0.117. The number of aromatic nitrogens is 5. The first-order valence-corrected chi connectivity index (χ1v) is 14.1. The third kappa shape index (κ3) is 8.97. The molecule has 3 aromatic carbocycles. The van der Waals surface area contributed by atoms with Crippen molar-refractivity contribution in [3.63, 3.8) is 0 Å². The van der Waals surface area contributed by atoms with Crippen molar-refractivity contribution < 1.29 is 14.3 Å². The van der Waals surface area contributed by atoms with E-state index in [2.05, 4.69) is 36.5 Å². The molecule has 0 unspecified atom stereocenters. The van der Waals surface area contributed by atoms with Gasteiger partial charge in [0.1, 0.15) is 12.9 Å². The maximum absolute atomic E-state index is 13.0. The summed E-state index contributed by atoms with van der Waals surface area (Å²) in [5, 5.41) is 21.0. The Morgan fingerprint density at radius 3 is 2.50 bits per heavy atom. The highest BCUT2D eigenvalue weighted by atomic mass is 35.5. The minimum Gasteiger partial charge on any atom is -0.443 e. The quantitative estimate of drug-likeness (QED) is 0.162. The Kier molecular flexibility index (Phi) is 10.3. The number of nitrogens with one attached hydrogen (secondary N) is 3. The van der Waals surface area contributed by atoms with E-state index in [0.29, 0.717) is 40.6 Å². The van der Waals surface area contributed by atoms with Crippen LogP contribution >= 0.6 is 11.6 Å². The standard InChI is InChI=1S/C32H29ClN8O3/c33-25-10-15-30(41-22-36-39-40-41)24(19-25)9-16-31(42)37-29(18-23-6-2-1-3-7-23)20-35-26-11-13-27(14-12-26)38-32(43)44-21-28-8-4-5-17-34-28/h1-17,19,22,29,35H,18,20-21H2,(H,37,42)(H,38,43)/b16-9+/t29-/m0/s1. The van der Waals surface area contributed by atoms with Gasteiger partial charge in [-0.15, -0.1) is 5.10 Å². The summed E-state index contributed by atoms with van der Waals surface area (Å²) in [4.78, 5) is 29.3. The van der Waals surface area contributed by atoms with Crippen molar-refractivity contribution in [2.24, 2.45) is 0 Å². The van der Waals surface area contributed by atoms with Crippen LogP contribution in [-0.4, -0.2) is 49.8 Å². The number of nitrogens with zero attached hydrogens (tertiary/aromatic N) is 5. The molecule has 2 aromatic heterocycles. The number of amides is 2. The minimum atomic E-state index is -0.571. The van der Waals surface area contributed by atoms with Crippen LogP contribution in [0.2, 0.25) is 5.02 Å². The van der Waals surface area contributed by atoms with Crippen molar-refractivity contribution in [1.82, 2.24) is 30.5 Å². The van der Waals surface area contributed by atoms with Crippen molar-refractivity contribution in [2.75, 3.05) is 17.2 Å². The molecule has 12 heteroatoms. The van der Waals surface area contributed by atoms with Gasteiger partial charge in [-0.25, -0.2) is 4.79 Å². The molecule has 5 aromatic rings. The summed E-state index contributed by atoms with van der Waals surface area (Å²) < 4.78 is 6.73. The van der Waals surface area contributed by atoms with Crippen LogP contribution in [0.3, 0.4) is 0 Å². The van der Waals surface area contributed by atoms with Crippen molar-refractivity contribution in [1.29, 1.82) is 0 Å². The number of rotatable bonds is 12. The fourth-order valence-corrected chi connectivity index (χ4v) is 4.50. The first-order chi connectivity index (χ1) is 21.5. The average Bonchev–Trinajstić information content (AvgIpc) is 3.58. The molecule has 1 atom stereocenters. The van der Waals surface area contributed by atoms with Gasteiger partial charge >= 0.3 is 6.09 Å². The van der Waals surface area contributed by atoms with E-state index in [4.69, 9.17) is 16.3 Å². The van der Waals surface area contributed by atoms with E-state index in [0.717, 1.165) is 11.3 Å².